The van der Waals surface area contributed by atoms with Crippen molar-refractivity contribution >= 4 is 0 Å². The third-order valence-electron chi connectivity index (χ3n) is 3.73. The number of nitrogens with zero attached hydrogens (tertiary/aromatic N) is 1. The molecule has 0 N–H and O–H groups in total. The van der Waals surface area contributed by atoms with Crippen molar-refractivity contribution < 1.29 is 4.74 Å². The minimum absolute atomic E-state index is 0.235. The zero-order chi connectivity index (χ0) is 11.9. The van der Waals surface area contributed by atoms with Crippen molar-refractivity contribution in [3.63, 3.8) is 0 Å². The molecule has 2 unspecified atom stereocenters. The van der Waals surface area contributed by atoms with E-state index in [9.17, 15) is 5.26 Å². The third kappa shape index (κ3) is 1.39. The van der Waals surface area contributed by atoms with E-state index in [1.54, 1.807) is 7.11 Å². The molecule has 1 fully saturated rings. The topological polar surface area (TPSA) is 33.0 Å². The van der Waals surface area contributed by atoms with Gasteiger partial charge in [0.1, 0.15) is 5.75 Å². The van der Waals surface area contributed by atoms with Crippen molar-refractivity contribution in [1.82, 2.24) is 0 Å². The minimum Gasteiger partial charge on any atom is -0.496 e. The smallest absolute Gasteiger partial charge is 0.122 e. The molecule has 2 rings (SSSR count). The molecule has 1 aliphatic carbocycles. The summed E-state index contributed by atoms with van der Waals surface area (Å²) in [5, 5.41) is 9.34. The number of hydrogen-bond acceptors (Lipinski definition) is 2. The first-order valence-corrected chi connectivity index (χ1v) is 5.62. The largest absolute Gasteiger partial charge is 0.496 e. The zero-order valence-electron chi connectivity index (χ0n) is 10.3. The molecule has 0 bridgehead atoms. The van der Waals surface area contributed by atoms with E-state index in [1.165, 1.54) is 5.56 Å². The van der Waals surface area contributed by atoms with Gasteiger partial charge in [-0.05, 0) is 48.9 Å². The van der Waals surface area contributed by atoms with Crippen molar-refractivity contribution in [2.24, 2.45) is 5.92 Å². The van der Waals surface area contributed by atoms with Crippen molar-refractivity contribution in [3.05, 3.63) is 28.8 Å². The second kappa shape index (κ2) is 3.52. The van der Waals surface area contributed by atoms with Crippen LogP contribution in [0.5, 0.6) is 5.75 Å². The Hall–Kier alpha value is -1.49. The predicted octanol–water partition coefficient (Wildman–Crippen LogP) is 3.11. The van der Waals surface area contributed by atoms with Crippen LogP contribution in [0.2, 0.25) is 0 Å². The highest BCUT2D eigenvalue weighted by Gasteiger charge is 2.53. The lowest BCUT2D eigenvalue weighted by molar-refractivity contribution is 0.411. The molecule has 0 amide bonds. The summed E-state index contributed by atoms with van der Waals surface area (Å²) in [5.41, 5.74) is 3.21. The summed E-state index contributed by atoms with van der Waals surface area (Å²) >= 11 is 0. The van der Waals surface area contributed by atoms with Crippen LogP contribution in [-0.2, 0) is 5.41 Å². The van der Waals surface area contributed by atoms with Gasteiger partial charge in [-0.3, -0.25) is 0 Å². The predicted molar refractivity (Wildman–Crippen MR) is 63.5 cm³/mol. The van der Waals surface area contributed by atoms with Gasteiger partial charge in [0.2, 0.25) is 0 Å². The summed E-state index contributed by atoms with van der Waals surface area (Å²) in [6.45, 7) is 6.23. The average molecular weight is 215 g/mol. The Bertz CT molecular complexity index is 472. The Morgan fingerprint density at radius 1 is 1.38 bits per heavy atom. The fraction of sp³-hybridized carbons (Fsp3) is 0.500. The van der Waals surface area contributed by atoms with Crippen molar-refractivity contribution in [2.45, 2.75) is 32.6 Å². The van der Waals surface area contributed by atoms with Crippen molar-refractivity contribution in [3.8, 4) is 11.8 Å². The summed E-state index contributed by atoms with van der Waals surface area (Å²) < 4.78 is 5.29. The second-order valence-corrected chi connectivity index (χ2v) is 4.83. The van der Waals surface area contributed by atoms with E-state index in [2.05, 4.69) is 26.0 Å². The van der Waals surface area contributed by atoms with Crippen molar-refractivity contribution in [2.75, 3.05) is 7.11 Å². The van der Waals surface area contributed by atoms with Crippen LogP contribution < -0.4 is 4.74 Å². The lowest BCUT2D eigenvalue weighted by Gasteiger charge is -2.15. The molecule has 0 spiro atoms. The highest BCUT2D eigenvalue weighted by molar-refractivity contribution is 5.51. The Kier molecular flexibility index (Phi) is 2.42. The molecule has 0 heterocycles. The maximum absolute atomic E-state index is 9.34. The molecular formula is C14H17NO. The van der Waals surface area contributed by atoms with Gasteiger partial charge in [-0.25, -0.2) is 0 Å². The Morgan fingerprint density at radius 2 is 2.00 bits per heavy atom. The standard InChI is InChI=1S/C14H17NO/c1-9-6-13(16-4)10(2)5-12(9)14(8-15)7-11(14)3/h5-6,11H,7H2,1-4H3. The maximum atomic E-state index is 9.34. The normalized spacial score (nSPS) is 27.3. The van der Waals surface area contributed by atoms with E-state index in [1.807, 2.05) is 13.0 Å². The molecule has 2 atom stereocenters. The lowest BCUT2D eigenvalue weighted by Crippen LogP contribution is -2.09. The Morgan fingerprint density at radius 3 is 2.44 bits per heavy atom. The Balaban J connectivity index is 2.52. The van der Waals surface area contributed by atoms with Gasteiger partial charge < -0.3 is 4.74 Å². The van der Waals surface area contributed by atoms with Crippen LogP contribution in [0.15, 0.2) is 12.1 Å². The van der Waals surface area contributed by atoms with Crippen LogP contribution in [0.4, 0.5) is 0 Å². The summed E-state index contributed by atoms with van der Waals surface area (Å²) in [6, 6.07) is 6.63. The molecule has 16 heavy (non-hydrogen) atoms. The fourth-order valence-corrected chi connectivity index (χ4v) is 2.51. The third-order valence-corrected chi connectivity index (χ3v) is 3.73. The van der Waals surface area contributed by atoms with Gasteiger partial charge in [0.05, 0.1) is 18.6 Å². The summed E-state index contributed by atoms with van der Waals surface area (Å²) in [7, 11) is 1.68. The minimum atomic E-state index is -0.235. The molecule has 1 saturated carbocycles. The van der Waals surface area contributed by atoms with Gasteiger partial charge in [-0.15, -0.1) is 0 Å². The number of methoxy groups -OCH3 is 1. The zero-order valence-corrected chi connectivity index (χ0v) is 10.3. The van der Waals surface area contributed by atoms with E-state index in [0.29, 0.717) is 5.92 Å². The van der Waals surface area contributed by atoms with E-state index in [-0.39, 0.29) is 5.41 Å². The van der Waals surface area contributed by atoms with E-state index in [0.717, 1.165) is 23.3 Å². The first-order chi connectivity index (χ1) is 7.55. The van der Waals surface area contributed by atoms with Crippen molar-refractivity contribution in [1.29, 1.82) is 5.26 Å². The van der Waals surface area contributed by atoms with E-state index in [4.69, 9.17) is 4.74 Å². The highest BCUT2D eigenvalue weighted by Crippen LogP contribution is 2.54. The van der Waals surface area contributed by atoms with Gasteiger partial charge in [-0.1, -0.05) is 13.0 Å². The van der Waals surface area contributed by atoms with Gasteiger partial charge in [0.15, 0.2) is 0 Å². The van der Waals surface area contributed by atoms with E-state index >= 15 is 0 Å². The molecule has 2 nitrogen and oxygen atoms in total. The lowest BCUT2D eigenvalue weighted by atomic mass is 9.89. The molecule has 1 aromatic carbocycles. The van der Waals surface area contributed by atoms with E-state index < -0.39 is 0 Å². The number of ether oxygens (including phenoxy) is 1. The van der Waals surface area contributed by atoms with Crippen LogP contribution in [-0.4, -0.2) is 7.11 Å². The van der Waals surface area contributed by atoms with Gasteiger partial charge in [0, 0.05) is 0 Å². The molecule has 0 radical (unpaired) electrons. The average Bonchev–Trinajstić information content (AvgIpc) is 2.93. The summed E-state index contributed by atoms with van der Waals surface area (Å²) in [5.74, 6) is 1.38. The van der Waals surface area contributed by atoms with Gasteiger partial charge in [0.25, 0.3) is 0 Å². The molecule has 1 aliphatic rings. The summed E-state index contributed by atoms with van der Waals surface area (Å²) in [6.07, 6.45) is 0.982. The van der Waals surface area contributed by atoms with Crippen LogP contribution in [0.3, 0.4) is 0 Å². The Labute approximate surface area is 96.9 Å². The number of hydrogen-bond donors (Lipinski definition) is 0. The monoisotopic (exact) mass is 215 g/mol. The first-order valence-electron chi connectivity index (χ1n) is 5.62. The molecule has 0 saturated heterocycles. The molecule has 1 aromatic rings. The van der Waals surface area contributed by atoms with Crippen LogP contribution in [0.25, 0.3) is 0 Å². The van der Waals surface area contributed by atoms with Crippen LogP contribution >= 0.6 is 0 Å². The van der Waals surface area contributed by atoms with Crippen LogP contribution in [0.1, 0.15) is 30.0 Å². The quantitative estimate of drug-likeness (QED) is 0.759. The molecule has 2 heteroatoms. The SMILES string of the molecule is COc1cc(C)c(C2(C#N)CC2C)cc1C. The summed E-state index contributed by atoms with van der Waals surface area (Å²) in [4.78, 5) is 0. The van der Waals surface area contributed by atoms with Crippen LogP contribution in [0, 0.1) is 31.1 Å². The number of nitriles is 1. The molecular weight excluding hydrogens is 198 g/mol. The maximum Gasteiger partial charge on any atom is 0.122 e. The first kappa shape index (κ1) is 11.0. The number of aryl methyl sites for hydroxylation is 2. The second-order valence-electron chi connectivity index (χ2n) is 4.83. The fourth-order valence-electron chi connectivity index (χ4n) is 2.51. The molecule has 84 valence electrons. The molecule has 0 aromatic heterocycles. The number of rotatable bonds is 2. The van der Waals surface area contributed by atoms with Gasteiger partial charge in [-0.2, -0.15) is 5.26 Å². The number of benzene rings is 1. The molecule has 0 aliphatic heterocycles. The highest BCUT2D eigenvalue weighted by atomic mass is 16.5. The van der Waals surface area contributed by atoms with Gasteiger partial charge >= 0.3 is 0 Å².